The van der Waals surface area contributed by atoms with Gasteiger partial charge in [-0.25, -0.2) is 0 Å². The van der Waals surface area contributed by atoms with E-state index in [0.29, 0.717) is 0 Å². The summed E-state index contributed by atoms with van der Waals surface area (Å²) in [5.74, 6) is 1.02. The van der Waals surface area contributed by atoms with Crippen LogP contribution in [0, 0.1) is 5.41 Å². The smallest absolute Gasteiger partial charge is 0.119 e. The SMILES string of the molecule is CC1(COc2ccc3c(c2)CCCN3)CCCNC1. The quantitative estimate of drug-likeness (QED) is 0.877. The van der Waals surface area contributed by atoms with Gasteiger partial charge in [0.2, 0.25) is 0 Å². The minimum absolute atomic E-state index is 0.284. The van der Waals surface area contributed by atoms with E-state index < -0.39 is 0 Å². The first-order chi connectivity index (χ1) is 9.25. The first-order valence-corrected chi connectivity index (χ1v) is 7.46. The molecule has 1 aromatic carbocycles. The summed E-state index contributed by atoms with van der Waals surface area (Å²) >= 11 is 0. The molecular formula is C16H24N2O. The van der Waals surface area contributed by atoms with E-state index in [-0.39, 0.29) is 5.41 Å². The highest BCUT2D eigenvalue weighted by molar-refractivity contribution is 5.55. The highest BCUT2D eigenvalue weighted by atomic mass is 16.5. The minimum Gasteiger partial charge on any atom is -0.493 e. The number of rotatable bonds is 3. The first-order valence-electron chi connectivity index (χ1n) is 7.46. The van der Waals surface area contributed by atoms with E-state index >= 15 is 0 Å². The Labute approximate surface area is 115 Å². The van der Waals surface area contributed by atoms with Crippen LogP contribution in [0.2, 0.25) is 0 Å². The molecule has 3 nitrogen and oxygen atoms in total. The van der Waals surface area contributed by atoms with Crippen LogP contribution in [-0.4, -0.2) is 26.2 Å². The Morgan fingerprint density at radius 3 is 3.05 bits per heavy atom. The van der Waals surface area contributed by atoms with Crippen molar-refractivity contribution >= 4 is 5.69 Å². The maximum absolute atomic E-state index is 6.05. The number of nitrogens with one attached hydrogen (secondary N) is 2. The van der Waals surface area contributed by atoms with Gasteiger partial charge in [-0.05, 0) is 56.0 Å². The molecule has 0 bridgehead atoms. The molecule has 0 aromatic heterocycles. The van der Waals surface area contributed by atoms with Crippen LogP contribution < -0.4 is 15.4 Å². The van der Waals surface area contributed by atoms with Gasteiger partial charge in [-0.1, -0.05) is 6.92 Å². The number of hydrogen-bond acceptors (Lipinski definition) is 3. The predicted molar refractivity (Wildman–Crippen MR) is 79.0 cm³/mol. The standard InChI is InChI=1S/C16H24N2O/c1-16(7-3-8-17-11-16)12-19-14-5-6-15-13(10-14)4-2-9-18-15/h5-6,10,17-18H,2-4,7-9,11-12H2,1H3. The van der Waals surface area contributed by atoms with Crippen molar-refractivity contribution < 1.29 is 4.74 Å². The second kappa shape index (κ2) is 5.41. The zero-order valence-electron chi connectivity index (χ0n) is 11.8. The van der Waals surface area contributed by atoms with Crippen LogP contribution in [0.4, 0.5) is 5.69 Å². The monoisotopic (exact) mass is 260 g/mol. The number of benzene rings is 1. The van der Waals surface area contributed by atoms with Crippen molar-refractivity contribution in [1.29, 1.82) is 0 Å². The Morgan fingerprint density at radius 2 is 2.21 bits per heavy atom. The van der Waals surface area contributed by atoms with E-state index in [1.165, 1.54) is 36.9 Å². The minimum atomic E-state index is 0.284. The van der Waals surface area contributed by atoms with Crippen LogP contribution in [0.5, 0.6) is 5.75 Å². The third-order valence-corrected chi connectivity index (χ3v) is 4.29. The lowest BCUT2D eigenvalue weighted by molar-refractivity contribution is 0.129. The molecule has 104 valence electrons. The fourth-order valence-electron chi connectivity index (χ4n) is 3.04. The molecule has 1 unspecified atom stereocenters. The van der Waals surface area contributed by atoms with Crippen molar-refractivity contribution in [2.24, 2.45) is 5.41 Å². The van der Waals surface area contributed by atoms with Gasteiger partial charge < -0.3 is 15.4 Å². The van der Waals surface area contributed by atoms with Gasteiger partial charge in [0.15, 0.2) is 0 Å². The van der Waals surface area contributed by atoms with Crippen molar-refractivity contribution in [3.8, 4) is 5.75 Å². The molecule has 0 spiro atoms. The van der Waals surface area contributed by atoms with Gasteiger partial charge in [-0.3, -0.25) is 0 Å². The molecule has 0 radical (unpaired) electrons. The third-order valence-electron chi connectivity index (χ3n) is 4.29. The maximum atomic E-state index is 6.05. The average molecular weight is 260 g/mol. The zero-order valence-corrected chi connectivity index (χ0v) is 11.8. The lowest BCUT2D eigenvalue weighted by Crippen LogP contribution is -2.41. The maximum Gasteiger partial charge on any atom is 0.119 e. The number of anilines is 1. The molecule has 2 aliphatic heterocycles. The summed E-state index contributed by atoms with van der Waals surface area (Å²) in [5.41, 5.74) is 2.96. The number of ether oxygens (including phenoxy) is 1. The van der Waals surface area contributed by atoms with Gasteiger partial charge in [-0.2, -0.15) is 0 Å². The van der Waals surface area contributed by atoms with Crippen molar-refractivity contribution in [1.82, 2.24) is 5.32 Å². The van der Waals surface area contributed by atoms with E-state index in [1.807, 2.05) is 0 Å². The summed E-state index contributed by atoms with van der Waals surface area (Å²) in [4.78, 5) is 0. The van der Waals surface area contributed by atoms with Crippen molar-refractivity contribution in [2.75, 3.05) is 31.6 Å². The second-order valence-electron chi connectivity index (χ2n) is 6.23. The van der Waals surface area contributed by atoms with Crippen molar-refractivity contribution in [3.63, 3.8) is 0 Å². The topological polar surface area (TPSA) is 33.3 Å². The molecular weight excluding hydrogens is 236 g/mol. The van der Waals surface area contributed by atoms with Gasteiger partial charge in [0, 0.05) is 24.2 Å². The highest BCUT2D eigenvalue weighted by Crippen LogP contribution is 2.29. The largest absolute Gasteiger partial charge is 0.493 e. The Kier molecular flexibility index (Phi) is 3.65. The van der Waals surface area contributed by atoms with Crippen molar-refractivity contribution in [2.45, 2.75) is 32.6 Å². The molecule has 1 saturated heterocycles. The Bertz CT molecular complexity index is 438. The zero-order chi connectivity index (χ0) is 13.1. The summed E-state index contributed by atoms with van der Waals surface area (Å²) in [6.07, 6.45) is 4.90. The van der Waals surface area contributed by atoms with E-state index in [1.54, 1.807) is 0 Å². The molecule has 1 fully saturated rings. The van der Waals surface area contributed by atoms with E-state index in [0.717, 1.165) is 32.0 Å². The van der Waals surface area contributed by atoms with Gasteiger partial charge >= 0.3 is 0 Å². The van der Waals surface area contributed by atoms with Crippen LogP contribution in [0.3, 0.4) is 0 Å². The van der Waals surface area contributed by atoms with Crippen molar-refractivity contribution in [3.05, 3.63) is 23.8 Å². The molecule has 0 amide bonds. The molecule has 19 heavy (non-hydrogen) atoms. The normalized spacial score (nSPS) is 26.4. The van der Waals surface area contributed by atoms with E-state index in [2.05, 4.69) is 35.8 Å². The Morgan fingerprint density at radius 1 is 1.26 bits per heavy atom. The van der Waals surface area contributed by atoms with Gasteiger partial charge in [0.25, 0.3) is 0 Å². The molecule has 0 saturated carbocycles. The van der Waals surface area contributed by atoms with Crippen LogP contribution in [0.1, 0.15) is 31.7 Å². The van der Waals surface area contributed by atoms with Crippen LogP contribution in [-0.2, 0) is 6.42 Å². The third kappa shape index (κ3) is 3.03. The summed E-state index contributed by atoms with van der Waals surface area (Å²) in [5, 5.41) is 6.91. The van der Waals surface area contributed by atoms with E-state index in [9.17, 15) is 0 Å². The highest BCUT2D eigenvalue weighted by Gasteiger charge is 2.27. The molecule has 1 aromatic rings. The molecule has 2 N–H and O–H groups in total. The first kappa shape index (κ1) is 12.8. The van der Waals surface area contributed by atoms with Gasteiger partial charge in [-0.15, -0.1) is 0 Å². The molecule has 1 atom stereocenters. The number of aryl methyl sites for hydroxylation is 1. The van der Waals surface area contributed by atoms with Crippen LogP contribution in [0.15, 0.2) is 18.2 Å². The Hall–Kier alpha value is -1.22. The molecule has 2 heterocycles. The molecule has 2 aliphatic rings. The summed E-state index contributed by atoms with van der Waals surface area (Å²) in [7, 11) is 0. The van der Waals surface area contributed by atoms with Crippen LogP contribution >= 0.6 is 0 Å². The predicted octanol–water partition coefficient (Wildman–Crippen LogP) is 2.81. The van der Waals surface area contributed by atoms with Crippen LogP contribution in [0.25, 0.3) is 0 Å². The van der Waals surface area contributed by atoms with Gasteiger partial charge in [0.05, 0.1) is 6.61 Å². The summed E-state index contributed by atoms with van der Waals surface area (Å²) in [6.45, 7) is 6.45. The molecule has 3 rings (SSSR count). The van der Waals surface area contributed by atoms with E-state index in [4.69, 9.17) is 4.74 Å². The number of piperidine rings is 1. The average Bonchev–Trinajstić information content (AvgIpc) is 2.46. The Balaban J connectivity index is 1.63. The molecule has 3 heteroatoms. The number of fused-ring (bicyclic) bond motifs is 1. The lowest BCUT2D eigenvalue weighted by Gasteiger charge is -2.33. The second-order valence-corrected chi connectivity index (χ2v) is 6.23. The fourth-order valence-corrected chi connectivity index (χ4v) is 3.04. The lowest BCUT2D eigenvalue weighted by atomic mass is 9.84. The fraction of sp³-hybridized carbons (Fsp3) is 0.625. The summed E-state index contributed by atoms with van der Waals surface area (Å²) < 4.78 is 6.05. The van der Waals surface area contributed by atoms with Gasteiger partial charge in [0.1, 0.15) is 5.75 Å². The summed E-state index contributed by atoms with van der Waals surface area (Å²) in [6, 6.07) is 6.46. The molecule has 0 aliphatic carbocycles. The number of hydrogen-bond donors (Lipinski definition) is 2.